The van der Waals surface area contributed by atoms with Crippen LogP contribution in [0, 0.1) is 0 Å². The molecule has 0 spiro atoms. The molecule has 2 rings (SSSR count). The van der Waals surface area contributed by atoms with Crippen molar-refractivity contribution in [1.82, 2.24) is 9.80 Å². The van der Waals surface area contributed by atoms with E-state index in [9.17, 15) is 0 Å². The number of hydrogen-bond donors (Lipinski definition) is 0. The fraction of sp³-hybridized carbons (Fsp3) is 1.00. The van der Waals surface area contributed by atoms with E-state index < -0.39 is 0 Å². The van der Waals surface area contributed by atoms with E-state index in [0.29, 0.717) is 0 Å². The van der Waals surface area contributed by atoms with E-state index in [1.165, 1.54) is 45.4 Å². The molecule has 0 aromatic rings. The second kappa shape index (κ2) is 7.43. The number of rotatable bonds is 7. The summed E-state index contributed by atoms with van der Waals surface area (Å²) in [6.07, 6.45) is 4.04. The van der Waals surface area contributed by atoms with Gasteiger partial charge in [0.2, 0.25) is 0 Å². The molecule has 0 aromatic heterocycles. The molecule has 4 nitrogen and oxygen atoms in total. The number of ether oxygens (including phenoxy) is 2. The predicted molar refractivity (Wildman–Crippen MR) is 72.7 cm³/mol. The molecule has 0 radical (unpaired) electrons. The minimum atomic E-state index is -0.0441. The highest BCUT2D eigenvalue weighted by atomic mass is 16.7. The average Bonchev–Trinajstić information content (AvgIpc) is 2.98. The first-order chi connectivity index (χ1) is 8.83. The van der Waals surface area contributed by atoms with Crippen molar-refractivity contribution in [2.75, 3.05) is 45.9 Å². The highest BCUT2D eigenvalue weighted by molar-refractivity contribution is 4.85. The molecule has 0 amide bonds. The minimum absolute atomic E-state index is 0.0441. The molecule has 1 atom stereocenters. The maximum atomic E-state index is 5.63. The smallest absolute Gasteiger partial charge is 0.170 e. The van der Waals surface area contributed by atoms with E-state index >= 15 is 0 Å². The molecular formula is C14H28N2O2. The maximum absolute atomic E-state index is 5.63. The van der Waals surface area contributed by atoms with Crippen molar-refractivity contribution in [3.05, 3.63) is 0 Å². The summed E-state index contributed by atoms with van der Waals surface area (Å²) in [5.74, 6) is 0. The number of likely N-dealkylation sites (tertiary alicyclic amines) is 2. The van der Waals surface area contributed by atoms with Crippen molar-refractivity contribution >= 4 is 0 Å². The topological polar surface area (TPSA) is 24.9 Å². The van der Waals surface area contributed by atoms with Gasteiger partial charge in [0.15, 0.2) is 6.29 Å². The van der Waals surface area contributed by atoms with E-state index in [1.807, 2.05) is 13.8 Å². The summed E-state index contributed by atoms with van der Waals surface area (Å²) in [7, 11) is 0. The first-order valence-corrected chi connectivity index (χ1v) is 7.53. The van der Waals surface area contributed by atoms with Gasteiger partial charge in [-0.3, -0.25) is 9.80 Å². The summed E-state index contributed by atoms with van der Waals surface area (Å²) in [6, 6.07) is 0.774. The summed E-state index contributed by atoms with van der Waals surface area (Å²) in [5.41, 5.74) is 0. The molecule has 2 fully saturated rings. The summed E-state index contributed by atoms with van der Waals surface area (Å²) >= 11 is 0. The fourth-order valence-electron chi connectivity index (χ4n) is 3.12. The van der Waals surface area contributed by atoms with E-state index in [2.05, 4.69) is 9.80 Å². The Kier molecular flexibility index (Phi) is 5.89. The van der Waals surface area contributed by atoms with Gasteiger partial charge in [0.05, 0.1) is 0 Å². The Morgan fingerprint density at radius 1 is 1.06 bits per heavy atom. The molecule has 0 aliphatic carbocycles. The molecule has 2 heterocycles. The highest BCUT2D eigenvalue weighted by Crippen LogP contribution is 2.20. The average molecular weight is 256 g/mol. The second-order valence-corrected chi connectivity index (χ2v) is 5.29. The van der Waals surface area contributed by atoms with Crippen LogP contribution in [-0.4, -0.2) is 68.1 Å². The first kappa shape index (κ1) is 14.3. The summed E-state index contributed by atoms with van der Waals surface area (Å²) in [4.78, 5) is 5.16. The molecule has 4 heteroatoms. The van der Waals surface area contributed by atoms with Gasteiger partial charge in [-0.1, -0.05) is 0 Å². The molecule has 0 N–H and O–H groups in total. The van der Waals surface area contributed by atoms with Crippen molar-refractivity contribution in [2.24, 2.45) is 0 Å². The standard InChI is InChI=1S/C14H28N2O2/c1-3-17-14(18-4-2)12-15-10-7-13(11-15)16-8-5-6-9-16/h13-14H,3-12H2,1-2H3. The lowest BCUT2D eigenvalue weighted by atomic mass is 10.2. The van der Waals surface area contributed by atoms with Crippen LogP contribution in [0.1, 0.15) is 33.1 Å². The van der Waals surface area contributed by atoms with E-state index in [-0.39, 0.29) is 6.29 Å². The van der Waals surface area contributed by atoms with Crippen LogP contribution in [0.4, 0.5) is 0 Å². The normalized spacial score (nSPS) is 26.5. The van der Waals surface area contributed by atoms with Crippen LogP contribution in [0.3, 0.4) is 0 Å². The Balaban J connectivity index is 1.73. The lowest BCUT2D eigenvalue weighted by Gasteiger charge is -2.26. The molecule has 2 saturated heterocycles. The van der Waals surface area contributed by atoms with E-state index in [0.717, 1.165) is 25.8 Å². The molecule has 18 heavy (non-hydrogen) atoms. The Labute approximate surface area is 111 Å². The fourth-order valence-corrected chi connectivity index (χ4v) is 3.12. The summed E-state index contributed by atoms with van der Waals surface area (Å²) < 4.78 is 11.3. The van der Waals surface area contributed by atoms with Crippen molar-refractivity contribution in [1.29, 1.82) is 0 Å². The zero-order chi connectivity index (χ0) is 12.8. The summed E-state index contributed by atoms with van der Waals surface area (Å²) in [6.45, 7) is 11.4. The lowest BCUT2D eigenvalue weighted by molar-refractivity contribution is -0.145. The quantitative estimate of drug-likeness (QED) is 0.645. The van der Waals surface area contributed by atoms with Gasteiger partial charge in [-0.25, -0.2) is 0 Å². The van der Waals surface area contributed by atoms with Crippen LogP contribution in [0.25, 0.3) is 0 Å². The van der Waals surface area contributed by atoms with Crippen molar-refractivity contribution < 1.29 is 9.47 Å². The van der Waals surface area contributed by atoms with E-state index in [4.69, 9.17) is 9.47 Å². The molecule has 1 unspecified atom stereocenters. The van der Waals surface area contributed by atoms with Crippen molar-refractivity contribution in [3.8, 4) is 0 Å². The van der Waals surface area contributed by atoms with Gasteiger partial charge in [0.1, 0.15) is 0 Å². The molecule has 2 aliphatic rings. The first-order valence-electron chi connectivity index (χ1n) is 7.53. The Bertz CT molecular complexity index is 226. The van der Waals surface area contributed by atoms with Gasteiger partial charge in [0, 0.05) is 32.3 Å². The maximum Gasteiger partial charge on any atom is 0.170 e. The van der Waals surface area contributed by atoms with Gasteiger partial charge in [-0.05, 0) is 52.7 Å². The third-order valence-corrected chi connectivity index (χ3v) is 4.02. The van der Waals surface area contributed by atoms with Gasteiger partial charge in [-0.2, -0.15) is 0 Å². The Morgan fingerprint density at radius 3 is 2.33 bits per heavy atom. The van der Waals surface area contributed by atoms with Gasteiger partial charge in [-0.15, -0.1) is 0 Å². The van der Waals surface area contributed by atoms with Crippen LogP contribution < -0.4 is 0 Å². The van der Waals surface area contributed by atoms with Crippen LogP contribution >= 0.6 is 0 Å². The minimum Gasteiger partial charge on any atom is -0.352 e. The highest BCUT2D eigenvalue weighted by Gasteiger charge is 2.30. The zero-order valence-corrected chi connectivity index (χ0v) is 11.9. The Hall–Kier alpha value is -0.160. The molecular weight excluding hydrogens is 228 g/mol. The lowest BCUT2D eigenvalue weighted by Crippen LogP contribution is -2.38. The summed E-state index contributed by atoms with van der Waals surface area (Å²) in [5, 5.41) is 0. The zero-order valence-electron chi connectivity index (χ0n) is 11.9. The molecule has 106 valence electrons. The number of hydrogen-bond acceptors (Lipinski definition) is 4. The Morgan fingerprint density at radius 2 is 1.72 bits per heavy atom. The van der Waals surface area contributed by atoms with E-state index in [1.54, 1.807) is 0 Å². The van der Waals surface area contributed by atoms with Crippen LogP contribution in [0.5, 0.6) is 0 Å². The molecule has 0 saturated carbocycles. The predicted octanol–water partition coefficient (Wildman–Crippen LogP) is 1.56. The molecule has 2 aliphatic heterocycles. The van der Waals surface area contributed by atoms with Crippen molar-refractivity contribution in [3.63, 3.8) is 0 Å². The number of nitrogens with zero attached hydrogens (tertiary/aromatic N) is 2. The van der Waals surface area contributed by atoms with Crippen molar-refractivity contribution in [2.45, 2.75) is 45.4 Å². The largest absolute Gasteiger partial charge is 0.352 e. The van der Waals surface area contributed by atoms with Crippen LogP contribution in [-0.2, 0) is 9.47 Å². The third-order valence-electron chi connectivity index (χ3n) is 4.02. The van der Waals surface area contributed by atoms with Gasteiger partial charge in [0.25, 0.3) is 0 Å². The van der Waals surface area contributed by atoms with Gasteiger partial charge < -0.3 is 9.47 Å². The monoisotopic (exact) mass is 256 g/mol. The third kappa shape index (κ3) is 3.92. The molecule has 0 bridgehead atoms. The van der Waals surface area contributed by atoms with Gasteiger partial charge >= 0.3 is 0 Å². The molecule has 0 aromatic carbocycles. The van der Waals surface area contributed by atoms with Crippen LogP contribution in [0.15, 0.2) is 0 Å². The second-order valence-electron chi connectivity index (χ2n) is 5.29. The SMILES string of the molecule is CCOC(CN1CCC(N2CCCC2)C1)OCC. The van der Waals surface area contributed by atoms with Crippen LogP contribution in [0.2, 0.25) is 0 Å².